The van der Waals surface area contributed by atoms with Crippen LogP contribution in [-0.4, -0.2) is 21.9 Å². The van der Waals surface area contributed by atoms with E-state index in [1.807, 2.05) is 6.08 Å². The average molecular weight is 534 g/mol. The van der Waals surface area contributed by atoms with Crippen LogP contribution in [0.25, 0.3) is 16.8 Å². The molecule has 1 unspecified atom stereocenters. The predicted molar refractivity (Wildman–Crippen MR) is 172 cm³/mol. The number of hydrogen-bond donors (Lipinski definition) is 3. The van der Waals surface area contributed by atoms with Crippen molar-refractivity contribution in [2.24, 2.45) is 0 Å². The molecule has 40 heavy (non-hydrogen) atoms. The maximum Gasteiger partial charge on any atom is 0.129 e. The number of nitrogens with one attached hydrogen (secondary N) is 3. The van der Waals surface area contributed by atoms with Gasteiger partial charge in [0.2, 0.25) is 0 Å². The first-order valence-electron chi connectivity index (χ1n) is 14.3. The van der Waals surface area contributed by atoms with Gasteiger partial charge < -0.3 is 20.5 Å². The molecule has 1 aliphatic heterocycles. The number of allylic oxidation sites excluding steroid dienone is 6. The summed E-state index contributed by atoms with van der Waals surface area (Å²) in [6.45, 7) is 18.4. The van der Waals surface area contributed by atoms with E-state index in [1.165, 1.54) is 17.0 Å². The van der Waals surface area contributed by atoms with E-state index >= 15 is 0 Å². The number of hydrogen-bond acceptors (Lipinski definition) is 4. The Morgan fingerprint density at radius 3 is 2.52 bits per heavy atom. The van der Waals surface area contributed by atoms with Crippen LogP contribution in [-0.2, 0) is 12.8 Å². The minimum atomic E-state index is 0.192. The zero-order valence-corrected chi connectivity index (χ0v) is 24.5. The van der Waals surface area contributed by atoms with Gasteiger partial charge in [0, 0.05) is 46.6 Å². The molecule has 1 atom stereocenters. The summed E-state index contributed by atoms with van der Waals surface area (Å²) in [5, 5.41) is 6.66. The Labute approximate surface area is 240 Å². The highest BCUT2D eigenvalue weighted by Crippen LogP contribution is 2.39. The molecule has 0 radical (unpaired) electrons. The molecule has 1 aromatic heterocycles. The van der Waals surface area contributed by atoms with Crippen LogP contribution in [0.4, 0.5) is 11.4 Å². The van der Waals surface area contributed by atoms with Gasteiger partial charge in [-0.3, -0.25) is 0 Å². The molecule has 0 saturated carbocycles. The van der Waals surface area contributed by atoms with Crippen molar-refractivity contribution in [3.8, 4) is 11.3 Å². The summed E-state index contributed by atoms with van der Waals surface area (Å²) >= 11 is 0. The first-order valence-corrected chi connectivity index (χ1v) is 14.3. The molecule has 0 amide bonds. The largest absolute Gasteiger partial charge is 0.368 e. The normalized spacial score (nSPS) is 16.3. The van der Waals surface area contributed by atoms with Crippen molar-refractivity contribution < 1.29 is 0 Å². The number of aromatic amines is 1. The third kappa shape index (κ3) is 6.31. The summed E-state index contributed by atoms with van der Waals surface area (Å²) in [5.41, 5.74) is 11.3. The van der Waals surface area contributed by atoms with Gasteiger partial charge in [0.15, 0.2) is 0 Å². The van der Waals surface area contributed by atoms with Crippen molar-refractivity contribution in [3.05, 3.63) is 121 Å². The second-order valence-electron chi connectivity index (χ2n) is 10.2. The van der Waals surface area contributed by atoms with Crippen LogP contribution in [0.5, 0.6) is 0 Å². The fourth-order valence-electron chi connectivity index (χ4n) is 5.24. The fourth-order valence-corrected chi connectivity index (χ4v) is 5.24. The Hall–Kier alpha value is -4.25. The molecule has 1 aliphatic rings. The quantitative estimate of drug-likeness (QED) is 0.203. The summed E-state index contributed by atoms with van der Waals surface area (Å²) in [5.74, 6) is 1.02. The van der Waals surface area contributed by atoms with E-state index in [4.69, 9.17) is 4.98 Å². The SMILES string of the molecule is C=C/C=C(\C=C1\CCC(c2nc(-c3ccc(NC(=C)CC)cc3)c(CC)[nH]2)N1C)c1cc(CC)ccc1NC=C. The van der Waals surface area contributed by atoms with Crippen molar-refractivity contribution >= 4 is 16.9 Å². The van der Waals surface area contributed by atoms with Crippen molar-refractivity contribution in [1.29, 1.82) is 0 Å². The minimum Gasteiger partial charge on any atom is -0.368 e. The number of H-pyrrole nitrogens is 1. The van der Waals surface area contributed by atoms with Gasteiger partial charge in [-0.1, -0.05) is 70.9 Å². The molecular weight excluding hydrogens is 490 g/mol. The molecule has 0 aliphatic carbocycles. The van der Waals surface area contributed by atoms with Crippen LogP contribution < -0.4 is 10.6 Å². The molecule has 5 nitrogen and oxygen atoms in total. The number of likely N-dealkylation sites (tertiary alicyclic amines) is 1. The topological polar surface area (TPSA) is 56.0 Å². The van der Waals surface area contributed by atoms with E-state index in [1.54, 1.807) is 6.20 Å². The summed E-state index contributed by atoms with van der Waals surface area (Å²) in [4.78, 5) is 11.2. The van der Waals surface area contributed by atoms with Gasteiger partial charge >= 0.3 is 0 Å². The summed E-state index contributed by atoms with van der Waals surface area (Å²) in [6.07, 6.45) is 12.7. The Bertz CT molecular complexity index is 1420. The van der Waals surface area contributed by atoms with Crippen molar-refractivity contribution in [2.45, 2.75) is 58.9 Å². The van der Waals surface area contributed by atoms with Gasteiger partial charge in [0.25, 0.3) is 0 Å². The van der Waals surface area contributed by atoms with E-state index in [-0.39, 0.29) is 6.04 Å². The number of rotatable bonds is 12. The standard InChI is InChI=1S/C35H43N5/c1-8-13-27(30-22-25(10-3)14-20-32(30)36-12-5)23-29-19-21-33(40(29)7)35-38-31(11-4)34(39-35)26-15-17-28(18-16-26)37-24(6)9-2/h8,12-18,20,22-23,33,36-37H,1,5-6,9-11,19,21H2,2-4,7H3,(H,38,39)/b27-13+,29-23-. The van der Waals surface area contributed by atoms with E-state index in [9.17, 15) is 0 Å². The molecule has 3 N–H and O–H groups in total. The maximum atomic E-state index is 5.15. The molecule has 5 heteroatoms. The Morgan fingerprint density at radius 2 is 1.88 bits per heavy atom. The van der Waals surface area contributed by atoms with Crippen LogP contribution in [0.2, 0.25) is 0 Å². The van der Waals surface area contributed by atoms with Crippen LogP contribution in [0.15, 0.2) is 98.0 Å². The number of nitrogens with zero attached hydrogens (tertiary/aromatic N) is 2. The van der Waals surface area contributed by atoms with Gasteiger partial charge in [-0.05, 0) is 79.8 Å². The highest BCUT2D eigenvalue weighted by Gasteiger charge is 2.30. The molecule has 1 saturated heterocycles. The third-order valence-corrected chi connectivity index (χ3v) is 7.65. The fraction of sp³-hybridized carbons (Fsp3) is 0.286. The molecule has 4 rings (SSSR count). The van der Waals surface area contributed by atoms with Crippen LogP contribution >= 0.6 is 0 Å². The second-order valence-corrected chi connectivity index (χ2v) is 10.2. The highest BCUT2D eigenvalue weighted by molar-refractivity contribution is 5.84. The summed E-state index contributed by atoms with van der Waals surface area (Å²) in [7, 11) is 2.18. The zero-order valence-electron chi connectivity index (χ0n) is 24.5. The van der Waals surface area contributed by atoms with Gasteiger partial charge in [-0.25, -0.2) is 4.98 Å². The predicted octanol–water partition coefficient (Wildman–Crippen LogP) is 9.01. The van der Waals surface area contributed by atoms with Crippen LogP contribution in [0.3, 0.4) is 0 Å². The summed E-state index contributed by atoms with van der Waals surface area (Å²) < 4.78 is 0. The lowest BCUT2D eigenvalue weighted by molar-refractivity contribution is 0.348. The molecule has 2 heterocycles. The van der Waals surface area contributed by atoms with Crippen molar-refractivity contribution in [1.82, 2.24) is 14.9 Å². The van der Waals surface area contributed by atoms with E-state index < -0.39 is 0 Å². The monoisotopic (exact) mass is 533 g/mol. The van der Waals surface area contributed by atoms with Gasteiger partial charge in [0.05, 0.1) is 11.7 Å². The van der Waals surface area contributed by atoms with Crippen LogP contribution in [0, 0.1) is 0 Å². The first kappa shape index (κ1) is 28.8. The smallest absolute Gasteiger partial charge is 0.129 e. The molecular formula is C35H43N5. The Balaban J connectivity index is 1.62. The Kier molecular flexibility index (Phi) is 9.49. The lowest BCUT2D eigenvalue weighted by atomic mass is 9.98. The number of aromatic nitrogens is 2. The van der Waals surface area contributed by atoms with Gasteiger partial charge in [-0.2, -0.15) is 0 Å². The Morgan fingerprint density at radius 1 is 1.10 bits per heavy atom. The lowest BCUT2D eigenvalue weighted by Crippen LogP contribution is -2.17. The van der Waals surface area contributed by atoms with E-state index in [0.717, 1.165) is 77.4 Å². The first-order chi connectivity index (χ1) is 19.4. The van der Waals surface area contributed by atoms with Crippen molar-refractivity contribution in [2.75, 3.05) is 17.7 Å². The third-order valence-electron chi connectivity index (χ3n) is 7.65. The lowest BCUT2D eigenvalue weighted by Gasteiger charge is -2.22. The number of anilines is 2. The van der Waals surface area contributed by atoms with Gasteiger partial charge in [-0.15, -0.1) is 0 Å². The number of aryl methyl sites for hydroxylation is 2. The summed E-state index contributed by atoms with van der Waals surface area (Å²) in [6, 6.07) is 15.2. The second kappa shape index (κ2) is 13.2. The zero-order chi connectivity index (χ0) is 28.6. The molecule has 208 valence electrons. The average Bonchev–Trinajstić information content (AvgIpc) is 3.56. The molecule has 0 bridgehead atoms. The number of imidazole rings is 1. The molecule has 3 aromatic rings. The van der Waals surface area contributed by atoms with Crippen molar-refractivity contribution in [3.63, 3.8) is 0 Å². The highest BCUT2D eigenvalue weighted by atomic mass is 15.2. The van der Waals surface area contributed by atoms with E-state index in [0.29, 0.717) is 0 Å². The number of benzene rings is 2. The van der Waals surface area contributed by atoms with Crippen LogP contribution in [0.1, 0.15) is 68.7 Å². The maximum absolute atomic E-state index is 5.15. The molecule has 1 fully saturated rings. The molecule has 2 aromatic carbocycles. The minimum absolute atomic E-state index is 0.192. The molecule has 0 spiro atoms. The van der Waals surface area contributed by atoms with E-state index in [2.05, 4.69) is 123 Å². The van der Waals surface area contributed by atoms with Gasteiger partial charge in [0.1, 0.15) is 5.82 Å².